The molecule has 6 atom stereocenters. The van der Waals surface area contributed by atoms with Crippen molar-refractivity contribution in [2.45, 2.75) is 331 Å². The van der Waals surface area contributed by atoms with Crippen LogP contribution in [0, 0.1) is 23.7 Å². The summed E-state index contributed by atoms with van der Waals surface area (Å²) in [5, 5.41) is 10.5. The van der Waals surface area contributed by atoms with E-state index in [-0.39, 0.29) is 25.7 Å². The van der Waals surface area contributed by atoms with Gasteiger partial charge in [0, 0.05) is 25.7 Å². The number of carbonyl (C=O) groups is 4. The number of phosphoric acid groups is 2. The van der Waals surface area contributed by atoms with Crippen LogP contribution in [0.5, 0.6) is 0 Å². The van der Waals surface area contributed by atoms with E-state index < -0.39 is 97.5 Å². The van der Waals surface area contributed by atoms with Crippen LogP contribution >= 0.6 is 15.6 Å². The minimum atomic E-state index is -4.95. The number of phosphoric ester groups is 2. The summed E-state index contributed by atoms with van der Waals surface area (Å²) in [6.45, 7) is 13.9. The van der Waals surface area contributed by atoms with E-state index in [0.29, 0.717) is 31.6 Å². The molecule has 0 heterocycles. The molecule has 0 aliphatic carbocycles. The molecule has 0 fully saturated rings. The molecule has 84 heavy (non-hydrogen) atoms. The summed E-state index contributed by atoms with van der Waals surface area (Å²) in [5.74, 6) is 0.759. The number of aliphatic hydroxyl groups excluding tert-OH is 1. The van der Waals surface area contributed by atoms with Crippen molar-refractivity contribution in [1.82, 2.24) is 0 Å². The zero-order valence-corrected chi connectivity index (χ0v) is 56.3. The van der Waals surface area contributed by atoms with Crippen molar-refractivity contribution in [3.05, 3.63) is 0 Å². The first-order chi connectivity index (χ1) is 40.1. The molecule has 0 aliphatic rings. The number of hydrogen-bond acceptors (Lipinski definition) is 15. The van der Waals surface area contributed by atoms with Gasteiger partial charge in [-0.3, -0.25) is 37.3 Å². The molecule has 0 aromatic heterocycles. The van der Waals surface area contributed by atoms with E-state index in [2.05, 4.69) is 55.4 Å². The number of rotatable bonds is 62. The third kappa shape index (κ3) is 57.8. The van der Waals surface area contributed by atoms with Crippen molar-refractivity contribution >= 4 is 39.5 Å². The molecule has 0 spiro atoms. The van der Waals surface area contributed by atoms with Gasteiger partial charge < -0.3 is 33.8 Å². The molecule has 0 saturated heterocycles. The van der Waals surface area contributed by atoms with Crippen molar-refractivity contribution in [2.24, 2.45) is 23.7 Å². The van der Waals surface area contributed by atoms with E-state index in [1.165, 1.54) is 116 Å². The molecule has 17 nitrogen and oxygen atoms in total. The number of unbranched alkanes of at least 4 members (excludes halogenated alkanes) is 27. The molecule has 0 bridgehead atoms. The zero-order valence-electron chi connectivity index (χ0n) is 54.5. The van der Waals surface area contributed by atoms with E-state index >= 15 is 0 Å². The van der Waals surface area contributed by atoms with Gasteiger partial charge in [0.1, 0.15) is 19.3 Å². The minimum Gasteiger partial charge on any atom is -0.462 e. The largest absolute Gasteiger partial charge is 0.472 e. The minimum absolute atomic E-state index is 0.102. The maximum Gasteiger partial charge on any atom is 0.472 e. The first kappa shape index (κ1) is 82.1. The van der Waals surface area contributed by atoms with Gasteiger partial charge >= 0.3 is 39.5 Å². The highest BCUT2D eigenvalue weighted by Crippen LogP contribution is 2.45. The van der Waals surface area contributed by atoms with E-state index in [1.807, 2.05) is 0 Å². The van der Waals surface area contributed by atoms with Crippen molar-refractivity contribution in [1.29, 1.82) is 0 Å². The summed E-state index contributed by atoms with van der Waals surface area (Å²) >= 11 is 0. The fourth-order valence-electron chi connectivity index (χ4n) is 9.57. The number of esters is 4. The van der Waals surface area contributed by atoms with Crippen molar-refractivity contribution < 1.29 is 80.2 Å². The van der Waals surface area contributed by atoms with Crippen LogP contribution < -0.4 is 0 Å². The normalized spacial score (nSPS) is 14.7. The molecule has 0 aromatic rings. The van der Waals surface area contributed by atoms with Gasteiger partial charge in [-0.15, -0.1) is 0 Å². The Bertz CT molecular complexity index is 1680. The molecular weight excluding hydrogens is 1110 g/mol. The highest BCUT2D eigenvalue weighted by Gasteiger charge is 2.30. The second kappa shape index (κ2) is 55.2. The number of aliphatic hydroxyl groups is 1. The molecular formula is C65H126O17P2. The standard InChI is InChI=1S/C65H126O17P2/c1-9-58(8)44-36-28-23-24-32-40-48-65(70)82-61(52-75-62(67)45-37-29-20-13-11-10-12-17-25-33-41-55(2)3)54-80-84(73,74)78-50-59(66)49-77-83(71,72)79-53-60(81-64(69)47-39-31-22-16-19-27-35-43-57(6)7)51-76-63(68)46-38-30-21-15-14-18-26-34-42-56(4)5/h55-61,66H,9-54H2,1-8H3,(H,71,72)(H,73,74)/t58?,59?,60-,61-/m1/s1. The number of hydrogen-bond donors (Lipinski definition) is 3. The van der Waals surface area contributed by atoms with Crippen LogP contribution in [-0.4, -0.2) is 96.7 Å². The van der Waals surface area contributed by atoms with Gasteiger partial charge in [0.2, 0.25) is 0 Å². The Morgan fingerprint density at radius 1 is 0.333 bits per heavy atom. The second-order valence-electron chi connectivity index (χ2n) is 25.2. The van der Waals surface area contributed by atoms with E-state index in [9.17, 15) is 43.2 Å². The molecule has 498 valence electrons. The van der Waals surface area contributed by atoms with Crippen LogP contribution in [0.3, 0.4) is 0 Å². The third-order valence-electron chi connectivity index (χ3n) is 15.2. The lowest BCUT2D eigenvalue weighted by molar-refractivity contribution is -0.161. The summed E-state index contributed by atoms with van der Waals surface area (Å²) < 4.78 is 68.0. The van der Waals surface area contributed by atoms with Crippen molar-refractivity contribution in [3.8, 4) is 0 Å². The lowest BCUT2D eigenvalue weighted by atomic mass is 10.00. The second-order valence-corrected chi connectivity index (χ2v) is 28.1. The quantitative estimate of drug-likeness (QED) is 0.0222. The Hall–Kier alpha value is -1.94. The lowest BCUT2D eigenvalue weighted by Crippen LogP contribution is -2.30. The molecule has 0 radical (unpaired) electrons. The average molecular weight is 1240 g/mol. The maximum atomic E-state index is 13.0. The third-order valence-corrected chi connectivity index (χ3v) is 17.1. The van der Waals surface area contributed by atoms with Crippen LogP contribution in [-0.2, 0) is 65.4 Å². The monoisotopic (exact) mass is 1240 g/mol. The van der Waals surface area contributed by atoms with Gasteiger partial charge in [0.25, 0.3) is 0 Å². The molecule has 0 aromatic carbocycles. The zero-order chi connectivity index (χ0) is 62.5. The molecule has 0 aliphatic heterocycles. The average Bonchev–Trinajstić information content (AvgIpc) is 3.51. The Balaban J connectivity index is 5.24. The fourth-order valence-corrected chi connectivity index (χ4v) is 11.2. The highest BCUT2D eigenvalue weighted by molar-refractivity contribution is 7.47. The Kier molecular flexibility index (Phi) is 53.9. The molecule has 0 rings (SSSR count). The van der Waals surface area contributed by atoms with Crippen LogP contribution in [0.25, 0.3) is 0 Å². The molecule has 0 amide bonds. The van der Waals surface area contributed by atoms with Crippen LogP contribution in [0.4, 0.5) is 0 Å². The Morgan fingerprint density at radius 3 is 0.845 bits per heavy atom. The van der Waals surface area contributed by atoms with Gasteiger partial charge in [0.05, 0.1) is 26.4 Å². The van der Waals surface area contributed by atoms with E-state index in [0.717, 1.165) is 108 Å². The van der Waals surface area contributed by atoms with Gasteiger partial charge in [-0.2, -0.15) is 0 Å². The van der Waals surface area contributed by atoms with Gasteiger partial charge in [-0.05, 0) is 49.4 Å². The summed E-state index contributed by atoms with van der Waals surface area (Å²) in [6, 6.07) is 0. The molecule has 3 N–H and O–H groups in total. The highest BCUT2D eigenvalue weighted by atomic mass is 31.2. The first-order valence-corrected chi connectivity index (χ1v) is 36.7. The number of carbonyl (C=O) groups excluding carboxylic acids is 4. The summed E-state index contributed by atoms with van der Waals surface area (Å²) in [4.78, 5) is 72.2. The predicted molar refractivity (Wildman–Crippen MR) is 335 cm³/mol. The summed E-state index contributed by atoms with van der Waals surface area (Å²) in [7, 11) is -9.89. The van der Waals surface area contributed by atoms with Crippen LogP contribution in [0.15, 0.2) is 0 Å². The van der Waals surface area contributed by atoms with Crippen LogP contribution in [0.2, 0.25) is 0 Å². The smallest absolute Gasteiger partial charge is 0.462 e. The Labute approximate surface area is 511 Å². The Morgan fingerprint density at radius 2 is 0.571 bits per heavy atom. The summed E-state index contributed by atoms with van der Waals surface area (Å²) in [6.07, 6.45) is 35.0. The van der Waals surface area contributed by atoms with E-state index in [4.69, 9.17) is 37.0 Å². The van der Waals surface area contributed by atoms with Gasteiger partial charge in [0.15, 0.2) is 12.2 Å². The van der Waals surface area contributed by atoms with Crippen LogP contribution in [0.1, 0.15) is 312 Å². The van der Waals surface area contributed by atoms with Gasteiger partial charge in [-0.25, -0.2) is 9.13 Å². The van der Waals surface area contributed by atoms with Crippen molar-refractivity contribution in [2.75, 3.05) is 39.6 Å². The SMILES string of the molecule is CCC(C)CCCCCCCCC(=O)O[C@H](COC(=O)CCCCCCCCCCCCC(C)C)COP(=O)(O)OCC(O)COP(=O)(O)OC[C@@H](COC(=O)CCCCCCCCCCC(C)C)OC(=O)CCCCCCCCCC(C)C. The number of ether oxygens (including phenoxy) is 4. The fraction of sp³-hybridized carbons (Fsp3) is 0.938. The maximum absolute atomic E-state index is 13.0. The van der Waals surface area contributed by atoms with E-state index in [1.54, 1.807) is 0 Å². The molecule has 19 heteroatoms. The van der Waals surface area contributed by atoms with Crippen molar-refractivity contribution in [3.63, 3.8) is 0 Å². The molecule has 4 unspecified atom stereocenters. The molecule has 0 saturated carbocycles. The van der Waals surface area contributed by atoms with Gasteiger partial charge in [-0.1, -0.05) is 261 Å². The lowest BCUT2D eigenvalue weighted by Gasteiger charge is -2.21. The first-order valence-electron chi connectivity index (χ1n) is 33.7. The topological polar surface area (TPSA) is 237 Å². The predicted octanol–water partition coefficient (Wildman–Crippen LogP) is 17.8. The summed E-state index contributed by atoms with van der Waals surface area (Å²) in [5.41, 5.74) is 0.